The van der Waals surface area contributed by atoms with Gasteiger partial charge in [0.05, 0.1) is 31.7 Å². The number of para-hydroxylation sites is 1. The van der Waals surface area contributed by atoms with Crippen molar-refractivity contribution in [1.29, 1.82) is 0 Å². The predicted molar refractivity (Wildman–Crippen MR) is 115 cm³/mol. The fourth-order valence-electron chi connectivity index (χ4n) is 2.76. The number of hydrogen-bond acceptors (Lipinski definition) is 5. The van der Waals surface area contributed by atoms with Crippen LogP contribution in [0.15, 0.2) is 71.8 Å². The summed E-state index contributed by atoms with van der Waals surface area (Å²) in [5.41, 5.74) is 3.38. The highest BCUT2D eigenvalue weighted by atomic mass is 19.1. The molecule has 0 saturated heterocycles. The number of rotatable bonds is 7. The minimum absolute atomic E-state index is 0.196. The normalized spacial score (nSPS) is 10.5. The predicted octanol–water partition coefficient (Wildman–Crippen LogP) is 3.86. The molecule has 0 saturated carbocycles. The molecule has 0 fully saturated rings. The topological polar surface area (TPSA) is 89.0 Å². The van der Waals surface area contributed by atoms with Crippen LogP contribution in [0.25, 0.3) is 0 Å². The zero-order valence-corrected chi connectivity index (χ0v) is 16.9. The molecule has 0 unspecified atom stereocenters. The van der Waals surface area contributed by atoms with E-state index < -0.39 is 17.6 Å². The molecule has 0 bridgehead atoms. The van der Waals surface area contributed by atoms with E-state index in [4.69, 9.17) is 9.47 Å². The van der Waals surface area contributed by atoms with Crippen LogP contribution in [-0.2, 0) is 0 Å². The van der Waals surface area contributed by atoms with Gasteiger partial charge < -0.3 is 14.8 Å². The number of methoxy groups -OCH3 is 2. The fourth-order valence-corrected chi connectivity index (χ4v) is 2.76. The summed E-state index contributed by atoms with van der Waals surface area (Å²) >= 11 is 0. The monoisotopic (exact) mass is 421 g/mol. The Morgan fingerprint density at radius 1 is 0.903 bits per heavy atom. The van der Waals surface area contributed by atoms with E-state index in [1.807, 2.05) is 0 Å². The van der Waals surface area contributed by atoms with Gasteiger partial charge in [0.2, 0.25) is 0 Å². The summed E-state index contributed by atoms with van der Waals surface area (Å²) < 4.78 is 24.0. The molecule has 0 radical (unpaired) electrons. The summed E-state index contributed by atoms with van der Waals surface area (Å²) in [6.07, 6.45) is 1.21. The maximum atomic E-state index is 13.6. The van der Waals surface area contributed by atoms with Crippen LogP contribution in [0.4, 0.5) is 10.1 Å². The van der Waals surface area contributed by atoms with E-state index in [2.05, 4.69) is 15.8 Å². The summed E-state index contributed by atoms with van der Waals surface area (Å²) in [4.78, 5) is 25.2. The molecule has 0 aliphatic heterocycles. The summed E-state index contributed by atoms with van der Waals surface area (Å²) in [5.74, 6) is -0.551. The molecule has 0 aromatic heterocycles. The van der Waals surface area contributed by atoms with E-state index in [9.17, 15) is 14.0 Å². The summed E-state index contributed by atoms with van der Waals surface area (Å²) in [6.45, 7) is 0. The first-order valence-electron chi connectivity index (χ1n) is 9.24. The average Bonchev–Trinajstić information content (AvgIpc) is 2.80. The smallest absolute Gasteiger partial charge is 0.273 e. The number of amides is 2. The van der Waals surface area contributed by atoms with Gasteiger partial charge >= 0.3 is 0 Å². The molecule has 7 nitrogen and oxygen atoms in total. The van der Waals surface area contributed by atoms with E-state index >= 15 is 0 Å². The number of benzene rings is 3. The lowest BCUT2D eigenvalue weighted by atomic mass is 10.1. The Balaban J connectivity index is 1.75. The highest BCUT2D eigenvalue weighted by Crippen LogP contribution is 2.28. The molecule has 0 heterocycles. The van der Waals surface area contributed by atoms with Crippen molar-refractivity contribution < 1.29 is 23.5 Å². The van der Waals surface area contributed by atoms with Crippen molar-refractivity contribution in [2.75, 3.05) is 19.5 Å². The second-order valence-electron chi connectivity index (χ2n) is 6.29. The number of hydrazone groups is 1. The van der Waals surface area contributed by atoms with Gasteiger partial charge in [0, 0.05) is 11.1 Å². The molecule has 2 amide bonds. The highest BCUT2D eigenvalue weighted by molar-refractivity contribution is 6.09. The maximum Gasteiger partial charge on any atom is 0.273 e. The highest BCUT2D eigenvalue weighted by Gasteiger charge is 2.15. The van der Waals surface area contributed by atoms with Crippen molar-refractivity contribution >= 4 is 23.7 Å². The van der Waals surface area contributed by atoms with Crippen molar-refractivity contribution in [2.24, 2.45) is 5.10 Å². The number of ether oxygens (including phenoxy) is 2. The first-order chi connectivity index (χ1) is 15.0. The van der Waals surface area contributed by atoms with Gasteiger partial charge in [-0.05, 0) is 36.4 Å². The standard InChI is InChI=1S/C23H20FN3O4/c1-30-20-12-11-15(13-21(20)31-2)22(28)26-19-10-6-4-8-17(19)23(29)27-25-14-16-7-3-5-9-18(16)24/h3-14H,1-2H3,(H,26,28)(H,27,29)/b25-14+. The van der Waals surface area contributed by atoms with Crippen LogP contribution in [-0.4, -0.2) is 32.2 Å². The fraction of sp³-hybridized carbons (Fsp3) is 0.0870. The van der Waals surface area contributed by atoms with E-state index in [0.29, 0.717) is 22.7 Å². The van der Waals surface area contributed by atoms with Crippen molar-refractivity contribution in [3.63, 3.8) is 0 Å². The summed E-state index contributed by atoms with van der Waals surface area (Å²) in [6, 6.07) is 17.2. The van der Waals surface area contributed by atoms with E-state index in [1.54, 1.807) is 42.5 Å². The molecule has 2 N–H and O–H groups in total. The van der Waals surface area contributed by atoms with Gasteiger partial charge in [-0.1, -0.05) is 30.3 Å². The largest absolute Gasteiger partial charge is 0.493 e. The van der Waals surface area contributed by atoms with E-state index in [0.717, 1.165) is 0 Å². The second kappa shape index (κ2) is 10.0. The van der Waals surface area contributed by atoms with Crippen LogP contribution in [0.1, 0.15) is 26.3 Å². The van der Waals surface area contributed by atoms with Gasteiger partial charge in [0.25, 0.3) is 11.8 Å². The zero-order valence-electron chi connectivity index (χ0n) is 16.9. The molecule has 31 heavy (non-hydrogen) atoms. The lowest BCUT2D eigenvalue weighted by molar-refractivity contribution is 0.0956. The maximum absolute atomic E-state index is 13.6. The molecule has 8 heteroatoms. The van der Waals surface area contributed by atoms with Gasteiger partial charge in [-0.15, -0.1) is 0 Å². The van der Waals surface area contributed by atoms with E-state index in [-0.39, 0.29) is 11.1 Å². The Hall–Kier alpha value is -4.20. The lowest BCUT2D eigenvalue weighted by Crippen LogP contribution is -2.21. The lowest BCUT2D eigenvalue weighted by Gasteiger charge is -2.12. The zero-order chi connectivity index (χ0) is 22.2. The molecule has 0 aliphatic carbocycles. The summed E-state index contributed by atoms with van der Waals surface area (Å²) in [7, 11) is 2.97. The quantitative estimate of drug-likeness (QED) is 0.448. The van der Waals surface area contributed by atoms with Crippen LogP contribution < -0.4 is 20.2 Å². The minimum atomic E-state index is -0.559. The molecule has 0 aliphatic rings. The number of carbonyl (C=O) groups excluding carboxylic acids is 2. The summed E-state index contributed by atoms with van der Waals surface area (Å²) in [5, 5.41) is 6.50. The second-order valence-corrected chi connectivity index (χ2v) is 6.29. The van der Waals surface area contributed by atoms with Gasteiger partial charge in [-0.2, -0.15) is 5.10 Å². The third-order valence-corrected chi connectivity index (χ3v) is 4.34. The first kappa shape index (κ1) is 21.5. The molecule has 3 aromatic carbocycles. The first-order valence-corrected chi connectivity index (χ1v) is 9.24. The number of anilines is 1. The number of halogens is 1. The van der Waals surface area contributed by atoms with Crippen molar-refractivity contribution in [2.45, 2.75) is 0 Å². The number of hydrogen-bond donors (Lipinski definition) is 2. The van der Waals surface area contributed by atoms with Gasteiger partial charge in [0.1, 0.15) is 5.82 Å². The van der Waals surface area contributed by atoms with Crippen LogP contribution in [0.2, 0.25) is 0 Å². The van der Waals surface area contributed by atoms with Gasteiger partial charge in [-0.25, -0.2) is 9.82 Å². The van der Waals surface area contributed by atoms with Crippen LogP contribution in [0, 0.1) is 5.82 Å². The van der Waals surface area contributed by atoms with Crippen molar-refractivity contribution in [3.8, 4) is 11.5 Å². The van der Waals surface area contributed by atoms with Crippen molar-refractivity contribution in [3.05, 3.63) is 89.2 Å². The third-order valence-electron chi connectivity index (χ3n) is 4.34. The molecule has 0 atom stereocenters. The van der Waals surface area contributed by atoms with Gasteiger partial charge in [0.15, 0.2) is 11.5 Å². The molecule has 3 rings (SSSR count). The van der Waals surface area contributed by atoms with Crippen molar-refractivity contribution in [1.82, 2.24) is 5.43 Å². The Kier molecular flexibility index (Phi) is 6.95. The van der Waals surface area contributed by atoms with Crippen LogP contribution in [0.3, 0.4) is 0 Å². The van der Waals surface area contributed by atoms with Crippen LogP contribution in [0.5, 0.6) is 11.5 Å². The van der Waals surface area contributed by atoms with Crippen LogP contribution >= 0.6 is 0 Å². The minimum Gasteiger partial charge on any atom is -0.493 e. The number of carbonyl (C=O) groups is 2. The Labute approximate surface area is 178 Å². The molecular weight excluding hydrogens is 401 g/mol. The Morgan fingerprint density at radius 3 is 2.35 bits per heavy atom. The SMILES string of the molecule is COc1ccc(C(=O)Nc2ccccc2C(=O)N/N=C/c2ccccc2F)cc1OC. The molecular formula is C23H20FN3O4. The van der Waals surface area contributed by atoms with Gasteiger partial charge in [-0.3, -0.25) is 9.59 Å². The molecule has 158 valence electrons. The average molecular weight is 421 g/mol. The Bertz CT molecular complexity index is 1130. The third kappa shape index (κ3) is 5.24. The molecule has 0 spiro atoms. The molecule has 3 aromatic rings. The number of nitrogens with zero attached hydrogens (tertiary/aromatic N) is 1. The van der Waals surface area contributed by atoms with E-state index in [1.165, 1.54) is 44.7 Å². The number of nitrogens with one attached hydrogen (secondary N) is 2. The Morgan fingerprint density at radius 2 is 1.61 bits per heavy atom.